The maximum atomic E-state index is 9.37. The fourth-order valence-electron chi connectivity index (χ4n) is 2.77. The van der Waals surface area contributed by atoms with Crippen molar-refractivity contribution in [2.75, 3.05) is 11.1 Å². The zero-order chi connectivity index (χ0) is 13.2. The van der Waals surface area contributed by atoms with Crippen molar-refractivity contribution in [3.05, 3.63) is 59.2 Å². The van der Waals surface area contributed by atoms with Gasteiger partial charge in [-0.15, -0.1) is 0 Å². The van der Waals surface area contributed by atoms with E-state index >= 15 is 0 Å². The molecule has 98 valence electrons. The van der Waals surface area contributed by atoms with Crippen LogP contribution in [0.4, 0.5) is 11.4 Å². The summed E-state index contributed by atoms with van der Waals surface area (Å²) >= 11 is 0. The maximum Gasteiger partial charge on any atom is 0.0701 e. The fraction of sp³-hybridized carbons (Fsp3) is 0.250. The van der Waals surface area contributed by atoms with Gasteiger partial charge in [-0.1, -0.05) is 24.3 Å². The molecule has 0 radical (unpaired) electrons. The van der Waals surface area contributed by atoms with Crippen LogP contribution in [0.5, 0.6) is 0 Å². The highest BCUT2D eigenvalue weighted by atomic mass is 16.3. The van der Waals surface area contributed by atoms with E-state index in [0.29, 0.717) is 6.04 Å². The number of nitrogen functional groups attached to an aromatic ring is 1. The number of anilines is 2. The lowest BCUT2D eigenvalue weighted by molar-refractivity contribution is 0.282. The summed E-state index contributed by atoms with van der Waals surface area (Å²) in [6, 6.07) is 14.3. The number of nitrogens with one attached hydrogen (secondary N) is 1. The number of benzene rings is 2. The lowest BCUT2D eigenvalue weighted by Crippen LogP contribution is -2.09. The minimum atomic E-state index is 0.0600. The molecule has 2 aromatic rings. The number of hydrogen-bond donors (Lipinski definition) is 3. The van der Waals surface area contributed by atoms with Gasteiger partial charge in [0, 0.05) is 16.9 Å². The smallest absolute Gasteiger partial charge is 0.0701 e. The maximum absolute atomic E-state index is 9.37. The molecule has 3 heteroatoms. The molecule has 2 aromatic carbocycles. The number of hydrogen-bond acceptors (Lipinski definition) is 3. The van der Waals surface area contributed by atoms with Crippen molar-refractivity contribution < 1.29 is 5.11 Å². The summed E-state index contributed by atoms with van der Waals surface area (Å²) in [5, 5.41) is 12.9. The van der Waals surface area contributed by atoms with Gasteiger partial charge in [0.1, 0.15) is 0 Å². The van der Waals surface area contributed by atoms with Crippen molar-refractivity contribution in [1.82, 2.24) is 0 Å². The van der Waals surface area contributed by atoms with E-state index in [1.54, 1.807) is 0 Å². The Kier molecular flexibility index (Phi) is 3.13. The van der Waals surface area contributed by atoms with Crippen molar-refractivity contribution in [3.8, 4) is 0 Å². The quantitative estimate of drug-likeness (QED) is 0.738. The minimum Gasteiger partial charge on any atom is -0.399 e. The predicted octanol–water partition coefficient (Wildman–Crippen LogP) is 2.86. The summed E-state index contributed by atoms with van der Waals surface area (Å²) in [6.45, 7) is 0.0600. The van der Waals surface area contributed by atoms with Gasteiger partial charge in [-0.2, -0.15) is 0 Å². The molecule has 1 atom stereocenters. The normalized spacial score (nSPS) is 17.2. The van der Waals surface area contributed by atoms with Gasteiger partial charge in [0.05, 0.1) is 12.6 Å². The third kappa shape index (κ3) is 2.29. The first-order chi connectivity index (χ1) is 9.28. The van der Waals surface area contributed by atoms with Crippen molar-refractivity contribution in [2.24, 2.45) is 0 Å². The predicted molar refractivity (Wildman–Crippen MR) is 77.9 cm³/mol. The molecule has 0 bridgehead atoms. The second-order valence-corrected chi connectivity index (χ2v) is 5.01. The second kappa shape index (κ2) is 4.94. The molecule has 1 aliphatic rings. The van der Waals surface area contributed by atoms with Gasteiger partial charge in [0.15, 0.2) is 0 Å². The number of aliphatic hydroxyl groups is 1. The number of fused-ring (bicyclic) bond motifs is 1. The molecule has 3 nitrogen and oxygen atoms in total. The largest absolute Gasteiger partial charge is 0.399 e. The van der Waals surface area contributed by atoms with Crippen LogP contribution < -0.4 is 11.1 Å². The van der Waals surface area contributed by atoms with E-state index in [0.717, 1.165) is 29.8 Å². The van der Waals surface area contributed by atoms with Crippen LogP contribution in [0, 0.1) is 0 Å². The van der Waals surface area contributed by atoms with Crippen molar-refractivity contribution in [3.63, 3.8) is 0 Å². The van der Waals surface area contributed by atoms with E-state index in [9.17, 15) is 5.11 Å². The van der Waals surface area contributed by atoms with Crippen molar-refractivity contribution in [2.45, 2.75) is 25.5 Å². The molecule has 0 aromatic heterocycles. The Morgan fingerprint density at radius 3 is 2.89 bits per heavy atom. The Morgan fingerprint density at radius 1 is 1.21 bits per heavy atom. The summed E-state index contributed by atoms with van der Waals surface area (Å²) in [4.78, 5) is 0. The third-order valence-electron chi connectivity index (χ3n) is 3.76. The van der Waals surface area contributed by atoms with E-state index in [4.69, 9.17) is 5.73 Å². The number of rotatable bonds is 3. The van der Waals surface area contributed by atoms with Crippen LogP contribution in [-0.4, -0.2) is 5.11 Å². The Labute approximate surface area is 113 Å². The molecule has 0 amide bonds. The molecule has 0 heterocycles. The molecule has 0 spiro atoms. The zero-order valence-electron chi connectivity index (χ0n) is 10.8. The van der Waals surface area contributed by atoms with Crippen LogP contribution in [0.1, 0.15) is 29.2 Å². The molecule has 1 aliphatic carbocycles. The molecule has 0 aliphatic heterocycles. The lowest BCUT2D eigenvalue weighted by atomic mass is 10.1. The summed E-state index contributed by atoms with van der Waals surface area (Å²) in [5.74, 6) is 0. The fourth-order valence-corrected chi connectivity index (χ4v) is 2.77. The van der Waals surface area contributed by atoms with Crippen LogP contribution in [0.25, 0.3) is 0 Å². The highest BCUT2D eigenvalue weighted by molar-refractivity contribution is 5.55. The van der Waals surface area contributed by atoms with E-state index in [2.05, 4.69) is 17.4 Å². The molecule has 4 N–H and O–H groups in total. The third-order valence-corrected chi connectivity index (χ3v) is 3.76. The molecular weight excluding hydrogens is 236 g/mol. The van der Waals surface area contributed by atoms with Gasteiger partial charge < -0.3 is 16.2 Å². The van der Waals surface area contributed by atoms with Crippen LogP contribution in [0.3, 0.4) is 0 Å². The lowest BCUT2D eigenvalue weighted by Gasteiger charge is -2.18. The first-order valence-corrected chi connectivity index (χ1v) is 6.61. The summed E-state index contributed by atoms with van der Waals surface area (Å²) in [6.07, 6.45) is 2.12. The number of para-hydroxylation sites is 1. The number of aryl methyl sites for hydroxylation is 1. The monoisotopic (exact) mass is 254 g/mol. The summed E-state index contributed by atoms with van der Waals surface area (Å²) in [7, 11) is 0. The van der Waals surface area contributed by atoms with E-state index in [1.165, 1.54) is 11.1 Å². The molecule has 0 fully saturated rings. The van der Waals surface area contributed by atoms with Gasteiger partial charge in [-0.25, -0.2) is 0 Å². The summed E-state index contributed by atoms with van der Waals surface area (Å²) in [5.41, 5.74) is 11.3. The Balaban J connectivity index is 1.87. The molecule has 1 unspecified atom stereocenters. The van der Waals surface area contributed by atoms with Gasteiger partial charge in [0.2, 0.25) is 0 Å². The first-order valence-electron chi connectivity index (χ1n) is 6.61. The molecule has 19 heavy (non-hydrogen) atoms. The first kappa shape index (κ1) is 12.1. The van der Waals surface area contributed by atoms with Crippen LogP contribution in [0.15, 0.2) is 42.5 Å². The van der Waals surface area contributed by atoms with E-state index in [1.807, 2.05) is 30.3 Å². The highest BCUT2D eigenvalue weighted by Gasteiger charge is 2.22. The molecule has 0 saturated heterocycles. The van der Waals surface area contributed by atoms with Crippen molar-refractivity contribution in [1.29, 1.82) is 0 Å². The van der Waals surface area contributed by atoms with E-state index in [-0.39, 0.29) is 6.61 Å². The van der Waals surface area contributed by atoms with Gasteiger partial charge in [-0.05, 0) is 42.2 Å². The van der Waals surface area contributed by atoms with Crippen LogP contribution >= 0.6 is 0 Å². The second-order valence-electron chi connectivity index (χ2n) is 5.01. The average molecular weight is 254 g/mol. The summed E-state index contributed by atoms with van der Waals surface area (Å²) < 4.78 is 0. The van der Waals surface area contributed by atoms with Crippen LogP contribution in [-0.2, 0) is 13.0 Å². The standard InChI is InChI=1S/C16H18N2O/c17-13-6-7-14-11(9-13)5-8-16(14)18-15-4-2-1-3-12(15)10-19/h1-4,6-7,9,16,18-19H,5,8,10,17H2. The van der Waals surface area contributed by atoms with Crippen molar-refractivity contribution >= 4 is 11.4 Å². The Hall–Kier alpha value is -2.00. The molecular formula is C16H18N2O. The number of aliphatic hydroxyl groups excluding tert-OH is 1. The average Bonchev–Trinajstić information content (AvgIpc) is 2.82. The van der Waals surface area contributed by atoms with Gasteiger partial charge >= 0.3 is 0 Å². The Morgan fingerprint density at radius 2 is 2.05 bits per heavy atom. The number of nitrogens with two attached hydrogens (primary N) is 1. The van der Waals surface area contributed by atoms with Gasteiger partial charge in [0.25, 0.3) is 0 Å². The van der Waals surface area contributed by atoms with Crippen LogP contribution in [0.2, 0.25) is 0 Å². The highest BCUT2D eigenvalue weighted by Crippen LogP contribution is 2.35. The zero-order valence-corrected chi connectivity index (χ0v) is 10.8. The van der Waals surface area contributed by atoms with E-state index < -0.39 is 0 Å². The Bertz CT molecular complexity index is 595. The topological polar surface area (TPSA) is 58.3 Å². The molecule has 3 rings (SSSR count). The van der Waals surface area contributed by atoms with Gasteiger partial charge in [-0.3, -0.25) is 0 Å². The minimum absolute atomic E-state index is 0.0600. The molecule has 0 saturated carbocycles. The SMILES string of the molecule is Nc1ccc2c(c1)CCC2Nc1ccccc1CO.